The molecule has 8 nitrogen and oxygen atoms in total. The highest BCUT2D eigenvalue weighted by molar-refractivity contribution is 6.34. The number of carbonyl (C=O) groups excluding carboxylic acids is 3. The van der Waals surface area contributed by atoms with E-state index in [1.165, 1.54) is 25.3 Å². The number of benzene rings is 1. The molecule has 1 aromatic carbocycles. The number of carbonyl (C=O) groups is 3. The van der Waals surface area contributed by atoms with Crippen molar-refractivity contribution < 1.29 is 23.5 Å². The summed E-state index contributed by atoms with van der Waals surface area (Å²) >= 11 is 0. The number of rotatable bonds is 5. The van der Waals surface area contributed by atoms with Gasteiger partial charge in [0.2, 0.25) is 0 Å². The highest BCUT2D eigenvalue weighted by Gasteiger charge is 2.26. The van der Waals surface area contributed by atoms with Crippen LogP contribution >= 0.6 is 0 Å². The van der Waals surface area contributed by atoms with E-state index < -0.39 is 23.7 Å². The number of amides is 2. The van der Waals surface area contributed by atoms with Crippen molar-refractivity contribution in [1.29, 1.82) is 0 Å². The molecule has 3 rings (SSSR count). The second-order valence-electron chi connectivity index (χ2n) is 6.71. The molecular formula is C22H27FN4O4. The molecule has 0 saturated heterocycles. The Morgan fingerprint density at radius 1 is 1.23 bits per heavy atom. The normalized spacial score (nSPS) is 14.3. The number of methoxy groups -OCH3 is 1. The molecule has 166 valence electrons. The molecule has 0 spiro atoms. The van der Waals surface area contributed by atoms with Crippen LogP contribution in [-0.2, 0) is 14.3 Å². The van der Waals surface area contributed by atoms with Gasteiger partial charge < -0.3 is 15.0 Å². The maximum Gasteiger partial charge on any atom is 0.324 e. The smallest absolute Gasteiger partial charge is 0.324 e. The summed E-state index contributed by atoms with van der Waals surface area (Å²) in [5, 5.41) is 2.69. The van der Waals surface area contributed by atoms with E-state index in [0.717, 1.165) is 0 Å². The Morgan fingerprint density at radius 2 is 1.90 bits per heavy atom. The minimum absolute atomic E-state index is 0.299. The molecule has 1 aliphatic heterocycles. The summed E-state index contributed by atoms with van der Waals surface area (Å²) < 4.78 is 18.2. The third-order valence-corrected chi connectivity index (χ3v) is 4.71. The van der Waals surface area contributed by atoms with E-state index >= 15 is 0 Å². The van der Waals surface area contributed by atoms with Crippen molar-refractivity contribution in [2.75, 3.05) is 12.4 Å². The molecule has 2 heterocycles. The van der Waals surface area contributed by atoms with Gasteiger partial charge in [0.05, 0.1) is 18.2 Å². The maximum absolute atomic E-state index is 13.6. The number of aryl methyl sites for hydroxylation is 1. The summed E-state index contributed by atoms with van der Waals surface area (Å²) in [5.74, 6) is -1.76. The Hall–Kier alpha value is -3.46. The summed E-state index contributed by atoms with van der Waals surface area (Å²) in [6.07, 6.45) is 1.59. The Morgan fingerprint density at radius 3 is 2.55 bits per heavy atom. The molecule has 1 aromatic heterocycles. The van der Waals surface area contributed by atoms with Crippen molar-refractivity contribution in [3.8, 4) is 0 Å². The van der Waals surface area contributed by atoms with Crippen molar-refractivity contribution in [2.45, 2.75) is 40.7 Å². The number of H-pyrrole nitrogens is 1. The van der Waals surface area contributed by atoms with Crippen molar-refractivity contribution in [1.82, 2.24) is 15.8 Å². The zero-order valence-corrected chi connectivity index (χ0v) is 18.4. The largest absolute Gasteiger partial charge is 0.468 e. The number of hydrazine groups is 1. The lowest BCUT2D eigenvalue weighted by atomic mass is 10.0. The summed E-state index contributed by atoms with van der Waals surface area (Å²) in [6.45, 7) is 9.00. The van der Waals surface area contributed by atoms with Crippen LogP contribution in [0.1, 0.15) is 53.6 Å². The Bertz CT molecular complexity index is 1040. The molecule has 1 unspecified atom stereocenters. The molecule has 0 saturated carbocycles. The molecule has 0 radical (unpaired) electrons. The molecule has 9 heteroatoms. The fourth-order valence-electron chi connectivity index (χ4n) is 3.18. The molecule has 0 fully saturated rings. The van der Waals surface area contributed by atoms with Gasteiger partial charge >= 0.3 is 5.97 Å². The van der Waals surface area contributed by atoms with Gasteiger partial charge in [0.25, 0.3) is 11.8 Å². The van der Waals surface area contributed by atoms with Gasteiger partial charge in [-0.1, -0.05) is 13.8 Å². The first-order valence-electron chi connectivity index (χ1n) is 9.88. The first-order chi connectivity index (χ1) is 14.7. The van der Waals surface area contributed by atoms with Crippen LogP contribution in [0.5, 0.6) is 0 Å². The van der Waals surface area contributed by atoms with Crippen molar-refractivity contribution in [3.63, 3.8) is 0 Å². The number of aromatic nitrogens is 1. The first-order valence-corrected chi connectivity index (χ1v) is 9.88. The number of fused-ring (bicyclic) bond motifs is 1. The highest BCUT2D eigenvalue weighted by Crippen LogP contribution is 2.34. The Balaban J connectivity index is 0.00000166. The second-order valence-corrected chi connectivity index (χ2v) is 6.71. The van der Waals surface area contributed by atoms with E-state index in [1.807, 2.05) is 13.8 Å². The van der Waals surface area contributed by atoms with Crippen LogP contribution in [0.25, 0.3) is 11.6 Å². The summed E-state index contributed by atoms with van der Waals surface area (Å²) in [5.41, 5.74) is 8.47. The quantitative estimate of drug-likeness (QED) is 0.331. The highest BCUT2D eigenvalue weighted by atomic mass is 19.1. The summed E-state index contributed by atoms with van der Waals surface area (Å²) in [6, 6.07) is 3.34. The number of halogens is 1. The van der Waals surface area contributed by atoms with Crippen LogP contribution in [0.2, 0.25) is 0 Å². The van der Waals surface area contributed by atoms with E-state index in [4.69, 9.17) is 0 Å². The van der Waals surface area contributed by atoms with Gasteiger partial charge in [0.15, 0.2) is 0 Å². The average molecular weight is 430 g/mol. The van der Waals surface area contributed by atoms with Crippen molar-refractivity contribution >= 4 is 35.1 Å². The van der Waals surface area contributed by atoms with Crippen LogP contribution < -0.4 is 16.2 Å². The number of aromatic amines is 1. The third kappa shape index (κ3) is 5.00. The van der Waals surface area contributed by atoms with E-state index in [1.54, 1.807) is 26.8 Å². The van der Waals surface area contributed by atoms with Gasteiger partial charge in [-0.25, -0.2) is 9.82 Å². The van der Waals surface area contributed by atoms with Crippen LogP contribution in [0, 0.1) is 19.7 Å². The van der Waals surface area contributed by atoms with Gasteiger partial charge in [0.1, 0.15) is 11.9 Å². The number of ether oxygens (including phenoxy) is 1. The maximum atomic E-state index is 13.6. The predicted molar refractivity (Wildman–Crippen MR) is 117 cm³/mol. The molecule has 31 heavy (non-hydrogen) atoms. The van der Waals surface area contributed by atoms with E-state index in [2.05, 4.69) is 25.9 Å². The second kappa shape index (κ2) is 10.0. The molecule has 2 amide bonds. The zero-order valence-electron chi connectivity index (χ0n) is 18.4. The van der Waals surface area contributed by atoms with Gasteiger partial charge in [-0.3, -0.25) is 19.8 Å². The Labute approximate surface area is 180 Å². The van der Waals surface area contributed by atoms with Crippen molar-refractivity contribution in [3.05, 3.63) is 52.1 Å². The van der Waals surface area contributed by atoms with Crippen LogP contribution in [-0.4, -0.2) is 35.9 Å². The standard InChI is InChI=1S/C20H21FN4O4.C2H6/c1-9-16(8-14-13-7-12(21)5-6-15(13)23-18(14)26)22-10(2)17(9)19(27)25-24-11(3)20(28)29-4;1-2/h5-8,11,22,24H,1-4H3,(H,23,26)(H,25,27);1-2H3/b14-8-;. The SMILES string of the molecule is CC.COC(=O)C(C)NNC(=O)c1c(C)[nH]c(/C=C2\C(=O)Nc3ccc(F)cc32)c1C. The summed E-state index contributed by atoms with van der Waals surface area (Å²) in [7, 11) is 1.26. The van der Waals surface area contributed by atoms with E-state index in [-0.39, 0.29) is 5.91 Å². The number of esters is 1. The zero-order chi connectivity index (χ0) is 23.3. The summed E-state index contributed by atoms with van der Waals surface area (Å²) in [4.78, 5) is 39.4. The lowest BCUT2D eigenvalue weighted by Crippen LogP contribution is -2.47. The van der Waals surface area contributed by atoms with E-state index in [0.29, 0.717) is 39.3 Å². The van der Waals surface area contributed by atoms with Gasteiger partial charge in [-0.15, -0.1) is 0 Å². The fourth-order valence-corrected chi connectivity index (χ4v) is 3.18. The van der Waals surface area contributed by atoms with Gasteiger partial charge in [-0.2, -0.15) is 0 Å². The number of hydrogen-bond donors (Lipinski definition) is 4. The topological polar surface area (TPSA) is 112 Å². The molecule has 4 N–H and O–H groups in total. The fraction of sp³-hybridized carbons (Fsp3) is 0.318. The van der Waals surface area contributed by atoms with Crippen molar-refractivity contribution in [2.24, 2.45) is 0 Å². The van der Waals surface area contributed by atoms with Crippen LogP contribution in [0.15, 0.2) is 18.2 Å². The third-order valence-electron chi connectivity index (χ3n) is 4.71. The number of anilines is 1. The molecule has 1 atom stereocenters. The molecule has 0 aliphatic carbocycles. The monoisotopic (exact) mass is 430 g/mol. The van der Waals surface area contributed by atoms with Crippen LogP contribution in [0.4, 0.5) is 10.1 Å². The van der Waals surface area contributed by atoms with Gasteiger partial charge in [-0.05, 0) is 50.6 Å². The number of nitrogens with one attached hydrogen (secondary N) is 4. The predicted octanol–water partition coefficient (Wildman–Crippen LogP) is 3.09. The molecular weight excluding hydrogens is 403 g/mol. The average Bonchev–Trinajstić information content (AvgIpc) is 3.21. The lowest BCUT2D eigenvalue weighted by Gasteiger charge is -2.12. The van der Waals surface area contributed by atoms with Crippen LogP contribution in [0.3, 0.4) is 0 Å². The molecule has 1 aliphatic rings. The minimum Gasteiger partial charge on any atom is -0.468 e. The van der Waals surface area contributed by atoms with Gasteiger partial charge in [0, 0.05) is 22.6 Å². The first kappa shape index (κ1) is 23.8. The minimum atomic E-state index is -0.723. The van der Waals surface area contributed by atoms with E-state index in [9.17, 15) is 18.8 Å². The molecule has 2 aromatic rings. The lowest BCUT2D eigenvalue weighted by molar-refractivity contribution is -0.142. The molecule has 0 bridgehead atoms. The number of hydrogen-bond acceptors (Lipinski definition) is 5. The Kier molecular flexibility index (Phi) is 7.71.